The normalized spacial score (nSPS) is 18.0. The van der Waals surface area contributed by atoms with E-state index < -0.39 is 6.03 Å². The second kappa shape index (κ2) is 23.3. The molecule has 6 heteroatoms. The summed E-state index contributed by atoms with van der Waals surface area (Å²) in [6.07, 6.45) is 26.7. The molecule has 66 heavy (non-hydrogen) atoms. The second-order valence-electron chi connectivity index (χ2n) is 24.3. The Morgan fingerprint density at radius 3 is 1.41 bits per heavy atom. The molecule has 1 saturated heterocycles. The van der Waals surface area contributed by atoms with Gasteiger partial charge in [-0.25, -0.2) is 0 Å². The van der Waals surface area contributed by atoms with Gasteiger partial charge < -0.3 is 18.4 Å². The van der Waals surface area contributed by atoms with E-state index in [1.165, 1.54) is 192 Å². The number of hydrogen-bond donors (Lipinski definition) is 0. The Morgan fingerprint density at radius 2 is 0.985 bits per heavy atom. The highest BCUT2D eigenvalue weighted by atomic mass is 16.7. The molecule has 3 heterocycles. The van der Waals surface area contributed by atoms with E-state index in [4.69, 9.17) is 9.47 Å². The average molecular weight is 914 g/mol. The fraction of sp³-hybridized carbons (Fsp3) is 0.767. The smallest absolute Gasteiger partial charge is 0.340 e. The standard InChI is InChI=1S/C60H104N4O2/c1-16-23-33-63(34-24-17-2,35-25-18-3)39-29-31-49(32-30-40-64(36-26-19-4,37-27-20-5)38-28-21-6)50-41-48(22-7)55-51(42-50)45-61-47-59(14,15)62-46-52-43-53(57(8,9)10)44-54(58(11,12)13)56(52)66-60(61,62)65-55/h41-46,49H,16-40,47H2,1-15H3/q+4. The van der Waals surface area contributed by atoms with Gasteiger partial charge in [0.2, 0.25) is 12.1 Å². The van der Waals surface area contributed by atoms with E-state index in [1.807, 2.05) is 0 Å². The van der Waals surface area contributed by atoms with Gasteiger partial charge in [-0.3, -0.25) is 0 Å². The highest BCUT2D eigenvalue weighted by molar-refractivity contribution is 5.85. The molecule has 0 radical (unpaired) electrons. The average Bonchev–Trinajstić information content (AvgIpc) is 3.50. The van der Waals surface area contributed by atoms with E-state index in [9.17, 15) is 0 Å². The molecule has 1 fully saturated rings. The minimum atomic E-state index is -1.08. The van der Waals surface area contributed by atoms with Crippen molar-refractivity contribution in [3.05, 3.63) is 57.6 Å². The second-order valence-corrected chi connectivity index (χ2v) is 24.3. The van der Waals surface area contributed by atoms with Gasteiger partial charge in [0.15, 0.2) is 23.9 Å². The van der Waals surface area contributed by atoms with Crippen LogP contribution in [0.15, 0.2) is 24.3 Å². The number of nitrogens with zero attached hydrogens (tertiary/aromatic N) is 4. The van der Waals surface area contributed by atoms with E-state index in [2.05, 4.69) is 150 Å². The van der Waals surface area contributed by atoms with Crippen LogP contribution in [0.1, 0.15) is 246 Å². The maximum absolute atomic E-state index is 7.50. The number of aryl methyl sites for hydroxylation is 1. The molecule has 5 rings (SSSR count). The topological polar surface area (TPSA) is 24.5 Å². The quantitative estimate of drug-likeness (QED) is 0.0628. The van der Waals surface area contributed by atoms with Crippen molar-refractivity contribution >= 4 is 12.4 Å². The summed E-state index contributed by atoms with van der Waals surface area (Å²) in [5.41, 5.74) is 7.51. The zero-order valence-corrected chi connectivity index (χ0v) is 46.0. The number of hydrogen-bond acceptors (Lipinski definition) is 2. The fourth-order valence-corrected chi connectivity index (χ4v) is 11.7. The van der Waals surface area contributed by atoms with Gasteiger partial charge >= 0.3 is 6.03 Å². The molecule has 0 N–H and O–H groups in total. The molecule has 0 aromatic heterocycles. The number of fused-ring (bicyclic) bond motifs is 2. The third-order valence-electron chi connectivity index (χ3n) is 16.1. The van der Waals surface area contributed by atoms with Crippen molar-refractivity contribution in [3.63, 3.8) is 0 Å². The Morgan fingerprint density at radius 1 is 0.545 bits per heavy atom. The zero-order valence-electron chi connectivity index (χ0n) is 46.0. The van der Waals surface area contributed by atoms with Gasteiger partial charge in [0.25, 0.3) is 0 Å². The first kappa shape index (κ1) is 54.2. The SMILES string of the molecule is CCCC[N+](CCCC)(CCCC)CCCC(CCC[N+](CCCC)(CCCC)CCCC)c1cc2c(c(CC)c1)OC13Oc4c(cc(C(C)(C)C)cc4C(C)(C)C)C=[N+]1C(C)(C)C[N+]3=C2. The Balaban J connectivity index is 1.57. The van der Waals surface area contributed by atoms with Crippen LogP contribution in [-0.4, -0.2) is 101 Å². The van der Waals surface area contributed by atoms with Crippen LogP contribution in [0.25, 0.3) is 0 Å². The number of quaternary nitrogens is 2. The third-order valence-corrected chi connectivity index (χ3v) is 16.1. The molecule has 1 unspecified atom stereocenters. The summed E-state index contributed by atoms with van der Waals surface area (Å²) in [7, 11) is 0. The predicted octanol–water partition coefficient (Wildman–Crippen LogP) is 14.7. The molecule has 0 bridgehead atoms. The van der Waals surface area contributed by atoms with Gasteiger partial charge in [0, 0.05) is 19.4 Å². The molecule has 372 valence electrons. The Bertz CT molecular complexity index is 1850. The van der Waals surface area contributed by atoms with Crippen molar-refractivity contribution in [3.8, 4) is 11.5 Å². The molecule has 0 amide bonds. The zero-order chi connectivity index (χ0) is 48.4. The summed E-state index contributed by atoms with van der Waals surface area (Å²) < 4.78 is 22.4. The van der Waals surface area contributed by atoms with E-state index >= 15 is 0 Å². The first-order valence-electron chi connectivity index (χ1n) is 28.0. The van der Waals surface area contributed by atoms with Gasteiger partial charge in [0.1, 0.15) is 0 Å². The van der Waals surface area contributed by atoms with Crippen molar-refractivity contribution in [1.29, 1.82) is 0 Å². The molecule has 3 aliphatic heterocycles. The summed E-state index contributed by atoms with van der Waals surface area (Å²) in [6.45, 7) is 46.8. The van der Waals surface area contributed by atoms with Crippen LogP contribution >= 0.6 is 0 Å². The molecular formula is C60H104N4O2+4. The molecule has 0 saturated carbocycles. The molecule has 0 aliphatic carbocycles. The molecule has 3 aliphatic rings. The van der Waals surface area contributed by atoms with Gasteiger partial charge in [-0.15, -0.1) is 0 Å². The van der Waals surface area contributed by atoms with Gasteiger partial charge in [0.05, 0.1) is 63.5 Å². The summed E-state index contributed by atoms with van der Waals surface area (Å²) in [6, 6.07) is 8.81. The van der Waals surface area contributed by atoms with Gasteiger partial charge in [-0.05, 0) is 116 Å². The fourth-order valence-electron chi connectivity index (χ4n) is 11.7. The maximum Gasteiger partial charge on any atom is 0.704 e. The largest absolute Gasteiger partial charge is 0.704 e. The van der Waals surface area contributed by atoms with E-state index in [1.54, 1.807) is 0 Å². The lowest BCUT2D eigenvalue weighted by Crippen LogP contribution is -2.61. The maximum atomic E-state index is 7.50. The number of unbranched alkanes of at least 4 members (excludes halogenated alkanes) is 6. The monoisotopic (exact) mass is 913 g/mol. The first-order valence-corrected chi connectivity index (χ1v) is 28.0. The van der Waals surface area contributed by atoms with Crippen molar-refractivity contribution < 1.29 is 27.6 Å². The molecule has 1 spiro atoms. The third kappa shape index (κ3) is 12.7. The molecule has 2 aromatic carbocycles. The molecule has 6 nitrogen and oxygen atoms in total. The summed E-state index contributed by atoms with van der Waals surface area (Å²) in [5, 5.41) is 0. The minimum absolute atomic E-state index is 0.0209. The molecular weight excluding hydrogens is 809 g/mol. The number of benzene rings is 2. The lowest BCUT2D eigenvalue weighted by atomic mass is 9.79. The minimum Gasteiger partial charge on any atom is -0.340 e. The van der Waals surface area contributed by atoms with Crippen LogP contribution in [-0.2, 0) is 17.3 Å². The lowest BCUT2D eigenvalue weighted by molar-refractivity contribution is -0.929. The van der Waals surface area contributed by atoms with Crippen molar-refractivity contribution in [2.24, 2.45) is 0 Å². The summed E-state index contributed by atoms with van der Waals surface area (Å²) in [5.74, 6) is 2.49. The highest BCUT2D eigenvalue weighted by Crippen LogP contribution is 2.47. The van der Waals surface area contributed by atoms with Crippen LogP contribution in [0.5, 0.6) is 11.5 Å². The van der Waals surface area contributed by atoms with Gasteiger partial charge in [-0.2, -0.15) is 0 Å². The van der Waals surface area contributed by atoms with E-state index in [0.717, 1.165) is 30.0 Å². The van der Waals surface area contributed by atoms with Crippen LogP contribution in [0, 0.1) is 0 Å². The number of ether oxygens (including phenoxy) is 2. The predicted molar refractivity (Wildman–Crippen MR) is 284 cm³/mol. The summed E-state index contributed by atoms with van der Waals surface area (Å²) >= 11 is 0. The summed E-state index contributed by atoms with van der Waals surface area (Å²) in [4.78, 5) is 0. The Labute approximate surface area is 407 Å². The van der Waals surface area contributed by atoms with Crippen LogP contribution in [0.2, 0.25) is 0 Å². The van der Waals surface area contributed by atoms with Crippen molar-refractivity contribution in [2.45, 2.75) is 241 Å². The Kier molecular flexibility index (Phi) is 19.1. The van der Waals surface area contributed by atoms with Crippen LogP contribution < -0.4 is 9.47 Å². The van der Waals surface area contributed by atoms with E-state index in [0.29, 0.717) is 5.92 Å². The van der Waals surface area contributed by atoms with Crippen LogP contribution in [0.4, 0.5) is 0 Å². The Hall–Kier alpha value is -2.70. The first-order chi connectivity index (χ1) is 31.3. The molecule has 2 aromatic rings. The highest BCUT2D eigenvalue weighted by Gasteiger charge is 2.75. The van der Waals surface area contributed by atoms with Gasteiger partial charge in [-0.1, -0.05) is 150 Å². The van der Waals surface area contributed by atoms with E-state index in [-0.39, 0.29) is 16.4 Å². The van der Waals surface area contributed by atoms with Crippen molar-refractivity contribution in [1.82, 2.24) is 0 Å². The lowest BCUT2D eigenvalue weighted by Gasteiger charge is -2.40. The van der Waals surface area contributed by atoms with Crippen LogP contribution in [0.3, 0.4) is 0 Å². The molecule has 1 atom stereocenters. The number of rotatable bonds is 28. The van der Waals surface area contributed by atoms with Crippen molar-refractivity contribution in [2.75, 3.05) is 58.9 Å².